The van der Waals surface area contributed by atoms with Gasteiger partial charge in [0, 0.05) is 11.6 Å². The van der Waals surface area contributed by atoms with Crippen molar-refractivity contribution in [2.24, 2.45) is 0 Å². The molecule has 196 valence electrons. The van der Waals surface area contributed by atoms with E-state index in [2.05, 4.69) is 5.32 Å². The molecule has 1 atom stereocenters. The lowest BCUT2D eigenvalue weighted by Gasteiger charge is -2.31. The molecule has 39 heavy (non-hydrogen) atoms. The summed E-state index contributed by atoms with van der Waals surface area (Å²) in [7, 11) is 0. The molecule has 6 nitrogen and oxygen atoms in total. The Morgan fingerprint density at radius 3 is 2.41 bits per heavy atom. The molecule has 0 radical (unpaired) electrons. The first kappa shape index (κ1) is 26.1. The van der Waals surface area contributed by atoms with E-state index in [4.69, 9.17) is 16.6 Å². The van der Waals surface area contributed by atoms with Crippen LogP contribution in [0.3, 0.4) is 0 Å². The van der Waals surface area contributed by atoms with Crippen molar-refractivity contribution < 1.29 is 9.18 Å². The fourth-order valence-electron chi connectivity index (χ4n) is 4.45. The van der Waals surface area contributed by atoms with Crippen LogP contribution in [0.4, 0.5) is 14.9 Å². The van der Waals surface area contributed by atoms with Gasteiger partial charge in [-0.05, 0) is 61.9 Å². The zero-order valence-corrected chi connectivity index (χ0v) is 22.2. The number of hydrogen-bond donors (Lipinski definition) is 1. The monoisotopic (exact) mass is 540 g/mol. The van der Waals surface area contributed by atoms with Crippen molar-refractivity contribution in [2.75, 3.05) is 5.32 Å². The second-order valence-corrected chi connectivity index (χ2v) is 9.74. The third kappa shape index (κ3) is 5.54. The number of aryl methyl sites for hydroxylation is 1. The predicted molar refractivity (Wildman–Crippen MR) is 153 cm³/mol. The van der Waals surface area contributed by atoms with Crippen molar-refractivity contribution in [1.29, 1.82) is 0 Å². The van der Waals surface area contributed by atoms with E-state index in [9.17, 15) is 14.0 Å². The molecule has 1 unspecified atom stereocenters. The van der Waals surface area contributed by atoms with Gasteiger partial charge in [0.25, 0.3) is 5.56 Å². The van der Waals surface area contributed by atoms with E-state index in [1.165, 1.54) is 21.6 Å². The van der Waals surface area contributed by atoms with Crippen LogP contribution in [0.1, 0.15) is 29.9 Å². The van der Waals surface area contributed by atoms with Gasteiger partial charge in [0.1, 0.15) is 11.6 Å². The number of aromatic nitrogens is 2. The van der Waals surface area contributed by atoms with Crippen LogP contribution >= 0.6 is 11.6 Å². The maximum absolute atomic E-state index is 14.4. The highest BCUT2D eigenvalue weighted by Gasteiger charge is 2.28. The van der Waals surface area contributed by atoms with Crippen LogP contribution in [0, 0.1) is 12.7 Å². The topological polar surface area (TPSA) is 67.2 Å². The lowest BCUT2D eigenvalue weighted by atomic mass is 10.1. The van der Waals surface area contributed by atoms with Crippen molar-refractivity contribution in [3.8, 4) is 5.69 Å². The van der Waals surface area contributed by atoms with E-state index < -0.39 is 17.9 Å². The zero-order valence-electron chi connectivity index (χ0n) is 21.4. The van der Waals surface area contributed by atoms with Gasteiger partial charge in [-0.1, -0.05) is 71.8 Å². The molecule has 0 aliphatic carbocycles. The van der Waals surface area contributed by atoms with Gasteiger partial charge in [0.05, 0.1) is 28.3 Å². The Labute approximate surface area is 230 Å². The number of urea groups is 1. The molecule has 0 bridgehead atoms. The molecular formula is C31H26ClFN4O2. The predicted octanol–water partition coefficient (Wildman–Crippen LogP) is 7.28. The second-order valence-electron chi connectivity index (χ2n) is 9.31. The Morgan fingerprint density at radius 1 is 1.00 bits per heavy atom. The molecule has 0 fully saturated rings. The molecule has 5 aromatic rings. The largest absolute Gasteiger partial charge is 0.322 e. The van der Waals surface area contributed by atoms with Gasteiger partial charge in [0.2, 0.25) is 0 Å². The normalized spacial score (nSPS) is 11.8. The Morgan fingerprint density at radius 2 is 1.69 bits per heavy atom. The lowest BCUT2D eigenvalue weighted by Crippen LogP contribution is -2.39. The number of anilines is 1. The number of amides is 2. The Balaban J connectivity index is 1.67. The molecule has 1 heterocycles. The molecule has 0 aliphatic heterocycles. The van der Waals surface area contributed by atoms with Crippen molar-refractivity contribution in [3.05, 3.63) is 135 Å². The minimum Gasteiger partial charge on any atom is -0.310 e. The number of para-hydroxylation sites is 1. The molecule has 1 N–H and O–H groups in total. The number of nitrogens with zero attached hydrogens (tertiary/aromatic N) is 3. The number of carbonyl (C=O) groups excluding carboxylic acids is 1. The van der Waals surface area contributed by atoms with E-state index >= 15 is 0 Å². The Kier molecular flexibility index (Phi) is 7.43. The molecule has 0 aliphatic rings. The summed E-state index contributed by atoms with van der Waals surface area (Å²) >= 11 is 6.24. The lowest BCUT2D eigenvalue weighted by molar-refractivity contribution is 0.185. The average molecular weight is 541 g/mol. The van der Waals surface area contributed by atoms with Gasteiger partial charge >= 0.3 is 6.03 Å². The quantitative estimate of drug-likeness (QED) is 0.246. The molecule has 1 aromatic heterocycles. The number of halogens is 2. The standard InChI is InChI=1S/C31H26ClFN4O2/c1-20-12-15-24(16-13-20)37-29(34-28-18-23(32)14-17-25(28)30(37)38)21(2)36(19-22-8-4-3-5-9-22)31(39)35-27-11-7-6-10-26(27)33/h3-18,21H,19H2,1-2H3,(H,35,39). The second kappa shape index (κ2) is 11.1. The van der Waals surface area contributed by atoms with E-state index in [1.807, 2.05) is 61.5 Å². The van der Waals surface area contributed by atoms with Crippen molar-refractivity contribution in [3.63, 3.8) is 0 Å². The van der Waals surface area contributed by atoms with Crippen LogP contribution in [0.15, 0.2) is 102 Å². The van der Waals surface area contributed by atoms with Gasteiger partial charge in [-0.3, -0.25) is 9.36 Å². The highest BCUT2D eigenvalue weighted by molar-refractivity contribution is 6.31. The highest BCUT2D eigenvalue weighted by Crippen LogP contribution is 2.27. The molecule has 0 spiro atoms. The minimum absolute atomic E-state index is 0.0574. The first-order valence-electron chi connectivity index (χ1n) is 12.5. The van der Waals surface area contributed by atoms with E-state index in [1.54, 1.807) is 37.3 Å². The van der Waals surface area contributed by atoms with E-state index in [0.717, 1.165) is 11.1 Å². The van der Waals surface area contributed by atoms with Gasteiger partial charge < -0.3 is 10.2 Å². The third-order valence-corrected chi connectivity index (χ3v) is 6.80. The minimum atomic E-state index is -0.700. The van der Waals surface area contributed by atoms with Crippen molar-refractivity contribution in [2.45, 2.75) is 26.4 Å². The summed E-state index contributed by atoms with van der Waals surface area (Å²) in [4.78, 5) is 33.9. The first-order chi connectivity index (χ1) is 18.8. The third-order valence-electron chi connectivity index (χ3n) is 6.56. The molecule has 5 rings (SSSR count). The van der Waals surface area contributed by atoms with Crippen LogP contribution < -0.4 is 10.9 Å². The van der Waals surface area contributed by atoms with Crippen LogP contribution in [-0.2, 0) is 6.54 Å². The summed E-state index contributed by atoms with van der Waals surface area (Å²) in [6, 6.07) is 26.6. The average Bonchev–Trinajstić information content (AvgIpc) is 2.93. The highest BCUT2D eigenvalue weighted by atomic mass is 35.5. The smallest absolute Gasteiger partial charge is 0.310 e. The number of fused-ring (bicyclic) bond motifs is 1. The number of hydrogen-bond acceptors (Lipinski definition) is 3. The van der Waals surface area contributed by atoms with Crippen molar-refractivity contribution >= 4 is 34.2 Å². The summed E-state index contributed by atoms with van der Waals surface area (Å²) in [6.07, 6.45) is 0. The fraction of sp³-hybridized carbons (Fsp3) is 0.129. The van der Waals surface area contributed by atoms with Gasteiger partial charge in [-0.15, -0.1) is 0 Å². The van der Waals surface area contributed by atoms with Gasteiger partial charge in [0.15, 0.2) is 0 Å². The maximum Gasteiger partial charge on any atom is 0.322 e. The molecule has 0 saturated carbocycles. The summed E-state index contributed by atoms with van der Waals surface area (Å²) in [5.41, 5.74) is 2.72. The molecule has 4 aromatic carbocycles. The zero-order chi connectivity index (χ0) is 27.5. The van der Waals surface area contributed by atoms with Gasteiger partial charge in [-0.2, -0.15) is 0 Å². The number of nitrogens with one attached hydrogen (secondary N) is 1. The number of rotatable bonds is 6. The van der Waals surface area contributed by atoms with Crippen LogP contribution in [0.2, 0.25) is 5.02 Å². The van der Waals surface area contributed by atoms with E-state index in [-0.39, 0.29) is 17.8 Å². The fourth-order valence-corrected chi connectivity index (χ4v) is 4.62. The molecular weight excluding hydrogens is 515 g/mol. The Hall–Kier alpha value is -4.49. The molecule has 2 amide bonds. The SMILES string of the molecule is Cc1ccc(-n2c(C(C)N(Cc3ccccc3)C(=O)Nc3ccccc3F)nc3cc(Cl)ccc3c2=O)cc1. The van der Waals surface area contributed by atoms with Crippen LogP contribution in [0.25, 0.3) is 16.6 Å². The summed E-state index contributed by atoms with van der Waals surface area (Å²) in [5, 5.41) is 3.53. The first-order valence-corrected chi connectivity index (χ1v) is 12.8. The van der Waals surface area contributed by atoms with Gasteiger partial charge in [-0.25, -0.2) is 14.2 Å². The summed E-state index contributed by atoms with van der Waals surface area (Å²) in [5.74, 6) is -0.202. The van der Waals surface area contributed by atoms with Crippen LogP contribution in [-0.4, -0.2) is 20.5 Å². The van der Waals surface area contributed by atoms with Crippen LogP contribution in [0.5, 0.6) is 0 Å². The summed E-state index contributed by atoms with van der Waals surface area (Å²) < 4.78 is 16.0. The number of benzene rings is 4. The number of carbonyl (C=O) groups is 1. The Bertz CT molecular complexity index is 1700. The maximum atomic E-state index is 14.4. The molecule has 0 saturated heterocycles. The summed E-state index contributed by atoms with van der Waals surface area (Å²) in [6.45, 7) is 3.96. The van der Waals surface area contributed by atoms with E-state index in [0.29, 0.717) is 27.4 Å². The molecule has 8 heteroatoms. The van der Waals surface area contributed by atoms with Crippen molar-refractivity contribution in [1.82, 2.24) is 14.5 Å².